The molecule has 0 bridgehead atoms. The van der Waals surface area contributed by atoms with Gasteiger partial charge in [-0.15, -0.1) is 0 Å². The van der Waals surface area contributed by atoms with Gasteiger partial charge in [0.05, 0.1) is 5.02 Å². The third-order valence-corrected chi connectivity index (χ3v) is 4.88. The van der Waals surface area contributed by atoms with Crippen molar-refractivity contribution in [2.24, 2.45) is 0 Å². The molecule has 2 aromatic heterocycles. The van der Waals surface area contributed by atoms with E-state index in [1.54, 1.807) is 19.1 Å². The molecular weight excluding hydrogens is 425 g/mol. The zero-order chi connectivity index (χ0) is 21.3. The summed E-state index contributed by atoms with van der Waals surface area (Å²) in [7, 11) is 0. The average molecular weight is 440 g/mol. The van der Waals surface area contributed by atoms with Gasteiger partial charge in [-0.1, -0.05) is 64.8 Å². The van der Waals surface area contributed by atoms with Gasteiger partial charge in [-0.05, 0) is 36.8 Å². The fourth-order valence-electron chi connectivity index (χ4n) is 2.91. The molecule has 0 spiro atoms. The molecular formula is C22H15Cl2N3O3. The molecule has 150 valence electrons. The van der Waals surface area contributed by atoms with Gasteiger partial charge in [-0.25, -0.2) is 0 Å². The van der Waals surface area contributed by atoms with Crippen molar-refractivity contribution in [3.63, 3.8) is 0 Å². The zero-order valence-corrected chi connectivity index (χ0v) is 17.2. The summed E-state index contributed by atoms with van der Waals surface area (Å²) in [6.07, 6.45) is 3.57. The molecule has 8 heteroatoms. The summed E-state index contributed by atoms with van der Waals surface area (Å²) in [5, 5.41) is 15.9. The number of nitrogens with zero attached hydrogens (tertiary/aromatic N) is 1. The number of aromatic nitrogens is 1. The first-order valence-corrected chi connectivity index (χ1v) is 9.66. The Balaban J connectivity index is 1.66. The van der Waals surface area contributed by atoms with Crippen molar-refractivity contribution in [2.45, 2.75) is 6.92 Å². The van der Waals surface area contributed by atoms with Crippen LogP contribution in [-0.4, -0.2) is 11.1 Å². The Bertz CT molecular complexity index is 1340. The molecule has 0 saturated carbocycles. The van der Waals surface area contributed by atoms with E-state index in [1.165, 1.54) is 12.1 Å². The second kappa shape index (κ2) is 8.18. The van der Waals surface area contributed by atoms with Crippen molar-refractivity contribution in [1.29, 1.82) is 5.41 Å². The second-order valence-electron chi connectivity index (χ2n) is 6.50. The molecule has 0 unspecified atom stereocenters. The Morgan fingerprint density at radius 3 is 2.67 bits per heavy atom. The van der Waals surface area contributed by atoms with Gasteiger partial charge in [-0.2, -0.15) is 0 Å². The molecule has 30 heavy (non-hydrogen) atoms. The number of amides is 1. The van der Waals surface area contributed by atoms with Gasteiger partial charge < -0.3 is 14.3 Å². The topological polar surface area (TPSA) is 92.1 Å². The van der Waals surface area contributed by atoms with Gasteiger partial charge in [0.2, 0.25) is 5.55 Å². The van der Waals surface area contributed by atoms with Crippen molar-refractivity contribution in [3.05, 3.63) is 86.7 Å². The molecule has 0 fully saturated rings. The predicted octanol–water partition coefficient (Wildman–Crippen LogP) is 5.94. The average Bonchev–Trinajstić information content (AvgIpc) is 3.07. The first-order chi connectivity index (χ1) is 14.4. The minimum Gasteiger partial charge on any atom is -0.437 e. The van der Waals surface area contributed by atoms with E-state index < -0.39 is 5.91 Å². The highest BCUT2D eigenvalue weighted by Crippen LogP contribution is 2.28. The Labute approximate surface area is 181 Å². The second-order valence-corrected chi connectivity index (χ2v) is 7.34. The first-order valence-electron chi connectivity index (χ1n) is 8.90. The Hall–Kier alpha value is -3.35. The van der Waals surface area contributed by atoms with Crippen LogP contribution in [0.2, 0.25) is 10.0 Å². The molecule has 2 heterocycles. The van der Waals surface area contributed by atoms with Crippen molar-refractivity contribution in [3.8, 4) is 0 Å². The Morgan fingerprint density at radius 1 is 1.13 bits per heavy atom. The minimum atomic E-state index is -0.539. The third kappa shape index (κ3) is 4.01. The minimum absolute atomic E-state index is 0.0272. The zero-order valence-electron chi connectivity index (χ0n) is 15.7. The van der Waals surface area contributed by atoms with Crippen LogP contribution in [0.4, 0.5) is 5.69 Å². The van der Waals surface area contributed by atoms with Crippen LogP contribution in [0.3, 0.4) is 0 Å². The van der Waals surface area contributed by atoms with E-state index in [-0.39, 0.29) is 21.7 Å². The van der Waals surface area contributed by atoms with Crippen LogP contribution in [0, 0.1) is 12.3 Å². The highest BCUT2D eigenvalue weighted by molar-refractivity contribution is 6.38. The SMILES string of the molecule is Cc1noc(/C=C/c2ccccc2)c1NC(=O)c1cc2cc(Cl)cc(Cl)c2oc1=N. The normalized spacial score (nSPS) is 11.3. The van der Waals surface area contributed by atoms with Crippen LogP contribution in [0.25, 0.3) is 23.1 Å². The number of nitrogens with one attached hydrogen (secondary N) is 2. The largest absolute Gasteiger partial charge is 0.437 e. The number of hydrogen-bond donors (Lipinski definition) is 2. The molecule has 0 aliphatic heterocycles. The van der Waals surface area contributed by atoms with Gasteiger partial charge >= 0.3 is 0 Å². The predicted molar refractivity (Wildman–Crippen MR) is 117 cm³/mol. The monoisotopic (exact) mass is 439 g/mol. The smallest absolute Gasteiger partial charge is 0.261 e. The van der Waals surface area contributed by atoms with Crippen molar-refractivity contribution >= 4 is 57.9 Å². The molecule has 6 nitrogen and oxygen atoms in total. The number of aryl methyl sites for hydroxylation is 1. The number of hydrogen-bond acceptors (Lipinski definition) is 5. The van der Waals surface area contributed by atoms with Gasteiger partial charge in [0.25, 0.3) is 5.91 Å². The lowest BCUT2D eigenvalue weighted by atomic mass is 10.1. The van der Waals surface area contributed by atoms with Crippen LogP contribution in [0.15, 0.2) is 57.5 Å². The molecule has 4 rings (SSSR count). The van der Waals surface area contributed by atoms with Crippen molar-refractivity contribution in [2.75, 3.05) is 5.32 Å². The fourth-order valence-corrected chi connectivity index (χ4v) is 3.46. The first kappa shape index (κ1) is 19.9. The molecule has 1 amide bonds. The van der Waals surface area contributed by atoms with Crippen LogP contribution in [0.5, 0.6) is 0 Å². The van der Waals surface area contributed by atoms with E-state index in [4.69, 9.17) is 37.6 Å². The van der Waals surface area contributed by atoms with Gasteiger partial charge in [0.15, 0.2) is 11.3 Å². The van der Waals surface area contributed by atoms with Gasteiger partial charge in [0, 0.05) is 10.4 Å². The molecule has 2 aromatic carbocycles. The van der Waals surface area contributed by atoms with Crippen molar-refractivity contribution in [1.82, 2.24) is 5.16 Å². The maximum Gasteiger partial charge on any atom is 0.261 e. The van der Waals surface area contributed by atoms with E-state index in [9.17, 15) is 4.79 Å². The molecule has 0 atom stereocenters. The van der Waals surface area contributed by atoms with E-state index >= 15 is 0 Å². The van der Waals surface area contributed by atoms with Gasteiger partial charge in [-0.3, -0.25) is 10.2 Å². The summed E-state index contributed by atoms with van der Waals surface area (Å²) in [5.41, 5.74) is 1.89. The molecule has 4 aromatic rings. The summed E-state index contributed by atoms with van der Waals surface area (Å²) in [4.78, 5) is 12.9. The Kier molecular flexibility index (Phi) is 5.44. The number of fused-ring (bicyclic) bond motifs is 1. The van der Waals surface area contributed by atoms with Gasteiger partial charge in [0.1, 0.15) is 16.9 Å². The summed E-state index contributed by atoms with van der Waals surface area (Å²) >= 11 is 12.2. The molecule has 2 N–H and O–H groups in total. The number of carbonyl (C=O) groups is 1. The number of rotatable bonds is 4. The quantitative estimate of drug-likeness (QED) is 0.411. The lowest BCUT2D eigenvalue weighted by Gasteiger charge is -2.07. The highest BCUT2D eigenvalue weighted by atomic mass is 35.5. The third-order valence-electron chi connectivity index (χ3n) is 4.38. The summed E-state index contributed by atoms with van der Waals surface area (Å²) in [5.74, 6) is -0.151. The molecule has 0 aliphatic carbocycles. The number of halogens is 2. The summed E-state index contributed by atoms with van der Waals surface area (Å²) in [6, 6.07) is 14.3. The van der Waals surface area contributed by atoms with E-state index in [0.29, 0.717) is 27.6 Å². The maximum atomic E-state index is 12.9. The number of carbonyl (C=O) groups excluding carboxylic acids is 1. The van der Waals surface area contributed by atoms with Crippen LogP contribution in [-0.2, 0) is 0 Å². The number of anilines is 1. The Morgan fingerprint density at radius 2 is 1.90 bits per heavy atom. The van der Waals surface area contributed by atoms with E-state index in [1.807, 2.05) is 36.4 Å². The molecule has 0 radical (unpaired) electrons. The lowest BCUT2D eigenvalue weighted by Crippen LogP contribution is -2.21. The van der Waals surface area contributed by atoms with E-state index in [2.05, 4.69) is 10.5 Å². The van der Waals surface area contributed by atoms with Crippen molar-refractivity contribution < 1.29 is 13.7 Å². The van der Waals surface area contributed by atoms with Crippen LogP contribution < -0.4 is 10.9 Å². The molecule has 0 aliphatic rings. The standard InChI is InChI=1S/C22H15Cl2N3O3/c1-12-19(18(30-27-12)8-7-13-5-3-2-4-6-13)26-22(28)16-10-14-9-15(23)11-17(24)20(14)29-21(16)25/h2-11,25H,1H3,(H,26,28)/b8-7+,25-21?. The fraction of sp³-hybridized carbons (Fsp3) is 0.0455. The lowest BCUT2D eigenvalue weighted by molar-refractivity contribution is 0.102. The van der Waals surface area contributed by atoms with E-state index in [0.717, 1.165) is 5.56 Å². The van der Waals surface area contributed by atoms with Crippen LogP contribution >= 0.6 is 23.2 Å². The summed E-state index contributed by atoms with van der Waals surface area (Å²) < 4.78 is 10.8. The summed E-state index contributed by atoms with van der Waals surface area (Å²) in [6.45, 7) is 1.71. The molecule has 0 saturated heterocycles. The van der Waals surface area contributed by atoms with Crippen LogP contribution in [0.1, 0.15) is 27.4 Å². The maximum absolute atomic E-state index is 12.9. The highest BCUT2D eigenvalue weighted by Gasteiger charge is 2.18. The number of benzene rings is 2.